The second-order valence-corrected chi connectivity index (χ2v) is 6.66. The molecule has 3 rings (SSSR count). The van der Waals surface area contributed by atoms with Crippen molar-refractivity contribution >= 4 is 11.7 Å². The lowest BCUT2D eigenvalue weighted by atomic mass is 10.0. The maximum atomic E-state index is 13.1. The van der Waals surface area contributed by atoms with Gasteiger partial charge in [0.15, 0.2) is 0 Å². The third-order valence-corrected chi connectivity index (χ3v) is 4.71. The number of amides is 1. The first kappa shape index (κ1) is 20.4. The monoisotopic (exact) mass is 389 g/mol. The number of benzene rings is 2. The molecule has 1 heterocycles. The molecule has 1 amide bonds. The number of carbonyl (C=O) groups is 1. The second-order valence-electron chi connectivity index (χ2n) is 6.66. The fourth-order valence-corrected chi connectivity index (χ4v) is 3.17. The zero-order valence-electron chi connectivity index (χ0n) is 17.2. The number of pyridine rings is 1. The molecule has 3 aromatic rings. The van der Waals surface area contributed by atoms with Crippen LogP contribution in [0, 0.1) is 0 Å². The van der Waals surface area contributed by atoms with Crippen LogP contribution < -0.4 is 10.1 Å². The Morgan fingerprint density at radius 1 is 1.03 bits per heavy atom. The summed E-state index contributed by atoms with van der Waals surface area (Å²) in [6, 6.07) is 19.5. The van der Waals surface area contributed by atoms with E-state index in [1.54, 1.807) is 0 Å². The molecule has 0 saturated carbocycles. The third-order valence-electron chi connectivity index (χ3n) is 4.71. The lowest BCUT2D eigenvalue weighted by Crippen LogP contribution is -2.30. The summed E-state index contributed by atoms with van der Waals surface area (Å²) in [6.07, 6.45) is 1.81. The molecule has 1 aromatic heterocycles. The molecule has 5 nitrogen and oxygen atoms in total. The number of anilines is 1. The summed E-state index contributed by atoms with van der Waals surface area (Å²) >= 11 is 0. The van der Waals surface area contributed by atoms with E-state index in [9.17, 15) is 4.79 Å². The van der Waals surface area contributed by atoms with Gasteiger partial charge in [-0.3, -0.25) is 4.79 Å². The fraction of sp³-hybridized carbons (Fsp3) is 0.250. The van der Waals surface area contributed by atoms with Gasteiger partial charge in [-0.2, -0.15) is 0 Å². The van der Waals surface area contributed by atoms with Crippen LogP contribution >= 0.6 is 0 Å². The quantitative estimate of drug-likeness (QED) is 0.598. The zero-order chi connectivity index (χ0) is 20.6. The van der Waals surface area contributed by atoms with E-state index in [0.717, 1.165) is 28.3 Å². The van der Waals surface area contributed by atoms with Gasteiger partial charge in [0.05, 0.1) is 6.61 Å². The molecule has 0 saturated heterocycles. The minimum absolute atomic E-state index is 0.0102. The van der Waals surface area contributed by atoms with Crippen molar-refractivity contribution in [3.05, 3.63) is 78.0 Å². The van der Waals surface area contributed by atoms with E-state index in [4.69, 9.17) is 4.74 Å². The Hall–Kier alpha value is -3.34. The van der Waals surface area contributed by atoms with Crippen molar-refractivity contribution in [2.75, 3.05) is 25.5 Å². The molecule has 5 heteroatoms. The van der Waals surface area contributed by atoms with Gasteiger partial charge in [-0.05, 0) is 61.4 Å². The van der Waals surface area contributed by atoms with Crippen molar-refractivity contribution in [3.8, 4) is 16.9 Å². The highest BCUT2D eigenvalue weighted by Gasteiger charge is 2.15. The van der Waals surface area contributed by atoms with Crippen LogP contribution in [0.4, 0.5) is 5.82 Å². The Kier molecular flexibility index (Phi) is 6.85. The summed E-state index contributed by atoms with van der Waals surface area (Å²) in [5.41, 5.74) is 3.67. The van der Waals surface area contributed by atoms with Gasteiger partial charge in [0.1, 0.15) is 11.6 Å². The maximum absolute atomic E-state index is 13.1. The van der Waals surface area contributed by atoms with Crippen LogP contribution in [-0.2, 0) is 6.54 Å². The van der Waals surface area contributed by atoms with Crippen molar-refractivity contribution < 1.29 is 9.53 Å². The van der Waals surface area contributed by atoms with Gasteiger partial charge < -0.3 is 15.0 Å². The van der Waals surface area contributed by atoms with Crippen molar-refractivity contribution in [2.24, 2.45) is 0 Å². The molecule has 1 N–H and O–H groups in total. The van der Waals surface area contributed by atoms with Crippen molar-refractivity contribution in [1.29, 1.82) is 0 Å². The Labute approximate surface area is 172 Å². The molecular weight excluding hydrogens is 362 g/mol. The van der Waals surface area contributed by atoms with E-state index in [-0.39, 0.29) is 5.91 Å². The smallest absolute Gasteiger partial charge is 0.254 e. The highest BCUT2D eigenvalue weighted by Crippen LogP contribution is 2.22. The molecule has 0 unspecified atom stereocenters. The predicted octanol–water partition coefficient (Wildman–Crippen LogP) is 4.85. The average molecular weight is 389 g/mol. The summed E-state index contributed by atoms with van der Waals surface area (Å²) < 4.78 is 5.57. The van der Waals surface area contributed by atoms with Gasteiger partial charge in [-0.1, -0.05) is 24.3 Å². The standard InChI is InChI=1S/C24H27N3O2/c1-4-27(17-18-8-6-11-22(14-18)29-5-2)24(28)20-10-7-9-19(15-20)21-12-13-23(25-3)26-16-21/h6-16H,4-5,17H2,1-3H3,(H,25,26). The first-order chi connectivity index (χ1) is 14.1. The van der Waals surface area contributed by atoms with Crippen LogP contribution in [0.1, 0.15) is 29.8 Å². The number of hydrogen-bond donors (Lipinski definition) is 1. The van der Waals surface area contributed by atoms with E-state index < -0.39 is 0 Å². The van der Waals surface area contributed by atoms with Gasteiger partial charge in [0.2, 0.25) is 0 Å². The van der Waals surface area contributed by atoms with Crippen LogP contribution in [0.15, 0.2) is 66.9 Å². The lowest BCUT2D eigenvalue weighted by Gasteiger charge is -2.22. The number of aromatic nitrogens is 1. The molecule has 150 valence electrons. The molecule has 0 atom stereocenters. The van der Waals surface area contributed by atoms with Crippen LogP contribution in [0.25, 0.3) is 11.1 Å². The summed E-state index contributed by atoms with van der Waals surface area (Å²) in [5.74, 6) is 1.65. The molecule has 0 fully saturated rings. The minimum Gasteiger partial charge on any atom is -0.494 e. The van der Waals surface area contributed by atoms with Crippen LogP contribution in [0.2, 0.25) is 0 Å². The number of hydrogen-bond acceptors (Lipinski definition) is 4. The first-order valence-corrected chi connectivity index (χ1v) is 9.89. The van der Waals surface area contributed by atoms with Gasteiger partial charge in [0.25, 0.3) is 5.91 Å². The van der Waals surface area contributed by atoms with Crippen molar-refractivity contribution in [3.63, 3.8) is 0 Å². The highest BCUT2D eigenvalue weighted by atomic mass is 16.5. The predicted molar refractivity (Wildman–Crippen MR) is 117 cm³/mol. The number of nitrogens with one attached hydrogen (secondary N) is 1. The SMILES string of the molecule is CCOc1cccc(CN(CC)C(=O)c2cccc(-c3ccc(NC)nc3)c2)c1. The summed E-state index contributed by atoms with van der Waals surface area (Å²) in [7, 11) is 1.84. The molecule has 2 aromatic carbocycles. The molecule has 0 radical (unpaired) electrons. The van der Waals surface area contributed by atoms with Crippen molar-refractivity contribution in [1.82, 2.24) is 9.88 Å². The topological polar surface area (TPSA) is 54.5 Å². The highest BCUT2D eigenvalue weighted by molar-refractivity contribution is 5.95. The van der Waals surface area contributed by atoms with Gasteiger partial charge in [-0.25, -0.2) is 4.98 Å². The number of nitrogens with zero attached hydrogens (tertiary/aromatic N) is 2. The molecule has 0 aliphatic carbocycles. The minimum atomic E-state index is 0.0102. The van der Waals surface area contributed by atoms with Crippen LogP contribution in [-0.4, -0.2) is 36.0 Å². The largest absolute Gasteiger partial charge is 0.494 e. The third kappa shape index (κ3) is 5.13. The Balaban J connectivity index is 1.79. The average Bonchev–Trinajstić information content (AvgIpc) is 2.77. The van der Waals surface area contributed by atoms with E-state index in [1.165, 1.54) is 0 Å². The van der Waals surface area contributed by atoms with E-state index in [0.29, 0.717) is 25.3 Å². The van der Waals surface area contributed by atoms with Gasteiger partial charge >= 0.3 is 0 Å². The summed E-state index contributed by atoms with van der Waals surface area (Å²) in [5, 5.41) is 3.01. The van der Waals surface area contributed by atoms with E-state index in [2.05, 4.69) is 10.3 Å². The zero-order valence-corrected chi connectivity index (χ0v) is 17.2. The number of ether oxygens (including phenoxy) is 1. The molecular formula is C24H27N3O2. The van der Waals surface area contributed by atoms with Gasteiger partial charge in [0, 0.05) is 37.5 Å². The fourth-order valence-electron chi connectivity index (χ4n) is 3.17. The number of carbonyl (C=O) groups excluding carboxylic acids is 1. The Morgan fingerprint density at radius 2 is 1.86 bits per heavy atom. The molecule has 0 aliphatic heterocycles. The Bertz CT molecular complexity index is 954. The normalized spacial score (nSPS) is 10.4. The molecule has 0 spiro atoms. The first-order valence-electron chi connectivity index (χ1n) is 9.89. The number of rotatable bonds is 8. The van der Waals surface area contributed by atoms with Crippen LogP contribution in [0.3, 0.4) is 0 Å². The summed E-state index contributed by atoms with van der Waals surface area (Å²) in [6.45, 7) is 5.74. The van der Waals surface area contributed by atoms with E-state index in [1.807, 2.05) is 92.7 Å². The molecule has 0 bridgehead atoms. The van der Waals surface area contributed by atoms with E-state index >= 15 is 0 Å². The molecule has 0 aliphatic rings. The maximum Gasteiger partial charge on any atom is 0.254 e. The van der Waals surface area contributed by atoms with Crippen molar-refractivity contribution in [2.45, 2.75) is 20.4 Å². The lowest BCUT2D eigenvalue weighted by molar-refractivity contribution is 0.0752. The Morgan fingerprint density at radius 3 is 2.55 bits per heavy atom. The van der Waals surface area contributed by atoms with Gasteiger partial charge in [-0.15, -0.1) is 0 Å². The molecule has 29 heavy (non-hydrogen) atoms. The second kappa shape index (κ2) is 9.73. The van der Waals surface area contributed by atoms with Crippen LogP contribution in [0.5, 0.6) is 5.75 Å². The summed E-state index contributed by atoms with van der Waals surface area (Å²) in [4.78, 5) is 19.3.